The Bertz CT molecular complexity index is 248. The lowest BCUT2D eigenvalue weighted by Crippen LogP contribution is -2.27. The van der Waals surface area contributed by atoms with E-state index in [9.17, 15) is 0 Å². The number of aryl methyl sites for hydroxylation is 1. The lowest BCUT2D eigenvalue weighted by atomic mass is 10.0. The Balaban J connectivity index is 2.28. The number of rotatable bonds is 7. The first-order valence-corrected chi connectivity index (χ1v) is 5.57. The van der Waals surface area contributed by atoms with E-state index in [-0.39, 0.29) is 0 Å². The smallest absolute Gasteiger partial charge is 0.0477 e. The molecule has 0 fully saturated rings. The number of nitrogens with one attached hydrogen (secondary N) is 1. The third-order valence-corrected chi connectivity index (χ3v) is 2.70. The van der Waals surface area contributed by atoms with E-state index in [1.54, 1.807) is 7.11 Å². The van der Waals surface area contributed by atoms with Crippen LogP contribution in [0.4, 0.5) is 0 Å². The first kappa shape index (κ1) is 12.2. The average Bonchev–Trinajstić information content (AvgIpc) is 2.31. The van der Waals surface area contributed by atoms with Crippen LogP contribution >= 0.6 is 0 Å². The Labute approximate surface area is 92.6 Å². The van der Waals surface area contributed by atoms with Crippen LogP contribution < -0.4 is 5.32 Å². The van der Waals surface area contributed by atoms with Gasteiger partial charge in [0.05, 0.1) is 0 Å². The quantitative estimate of drug-likeness (QED) is 0.740. The highest BCUT2D eigenvalue weighted by atomic mass is 16.5. The van der Waals surface area contributed by atoms with Crippen LogP contribution in [-0.4, -0.2) is 26.8 Å². The highest BCUT2D eigenvalue weighted by Gasteiger charge is 2.05. The Morgan fingerprint density at radius 3 is 2.53 bits per heavy atom. The van der Waals surface area contributed by atoms with Crippen molar-refractivity contribution < 1.29 is 4.74 Å². The summed E-state index contributed by atoms with van der Waals surface area (Å²) in [5.41, 5.74) is 1.41. The average molecular weight is 207 g/mol. The molecular weight excluding hydrogens is 186 g/mol. The molecule has 0 spiro atoms. The van der Waals surface area contributed by atoms with E-state index in [0.29, 0.717) is 6.04 Å². The van der Waals surface area contributed by atoms with Crippen molar-refractivity contribution in [2.24, 2.45) is 0 Å². The summed E-state index contributed by atoms with van der Waals surface area (Å²) in [6.07, 6.45) is 3.39. The zero-order valence-electron chi connectivity index (χ0n) is 9.70. The molecule has 0 saturated heterocycles. The Hall–Kier alpha value is -0.860. The summed E-state index contributed by atoms with van der Waals surface area (Å²) in [5.74, 6) is 0. The Morgan fingerprint density at radius 1 is 1.20 bits per heavy atom. The SMILES string of the molecule is CNC(CCOC)CCc1ccccc1. The zero-order valence-corrected chi connectivity index (χ0v) is 9.70. The molecule has 0 aliphatic rings. The predicted molar refractivity (Wildman–Crippen MR) is 64.1 cm³/mol. The van der Waals surface area contributed by atoms with Gasteiger partial charge in [-0.25, -0.2) is 0 Å². The molecule has 1 N–H and O–H groups in total. The summed E-state index contributed by atoms with van der Waals surface area (Å²) in [6.45, 7) is 0.834. The van der Waals surface area contributed by atoms with Gasteiger partial charge in [-0.1, -0.05) is 30.3 Å². The van der Waals surface area contributed by atoms with Crippen molar-refractivity contribution in [3.8, 4) is 0 Å². The standard InChI is InChI=1S/C13H21NO/c1-14-13(10-11-15-2)9-8-12-6-4-3-5-7-12/h3-7,13-14H,8-11H2,1-2H3. The molecular formula is C13H21NO. The van der Waals surface area contributed by atoms with Crippen LogP contribution in [0.15, 0.2) is 30.3 Å². The largest absolute Gasteiger partial charge is 0.385 e. The van der Waals surface area contributed by atoms with Crippen molar-refractivity contribution in [2.75, 3.05) is 20.8 Å². The maximum Gasteiger partial charge on any atom is 0.0477 e. The van der Waals surface area contributed by atoms with Gasteiger partial charge in [0, 0.05) is 19.8 Å². The van der Waals surface area contributed by atoms with E-state index < -0.39 is 0 Å². The number of hydrogen-bond donors (Lipinski definition) is 1. The molecule has 0 aromatic heterocycles. The fourth-order valence-electron chi connectivity index (χ4n) is 1.68. The summed E-state index contributed by atoms with van der Waals surface area (Å²) < 4.78 is 5.09. The van der Waals surface area contributed by atoms with Crippen molar-refractivity contribution in [3.63, 3.8) is 0 Å². The van der Waals surface area contributed by atoms with E-state index >= 15 is 0 Å². The lowest BCUT2D eigenvalue weighted by molar-refractivity contribution is 0.182. The van der Waals surface area contributed by atoms with Gasteiger partial charge in [-0.15, -0.1) is 0 Å². The maximum atomic E-state index is 5.09. The summed E-state index contributed by atoms with van der Waals surface area (Å²) in [6, 6.07) is 11.2. The van der Waals surface area contributed by atoms with Gasteiger partial charge in [0.15, 0.2) is 0 Å². The van der Waals surface area contributed by atoms with E-state index in [4.69, 9.17) is 4.74 Å². The number of methoxy groups -OCH3 is 1. The normalized spacial score (nSPS) is 12.7. The van der Waals surface area contributed by atoms with Crippen molar-refractivity contribution >= 4 is 0 Å². The van der Waals surface area contributed by atoms with Crippen LogP contribution in [0.25, 0.3) is 0 Å². The third-order valence-electron chi connectivity index (χ3n) is 2.70. The van der Waals surface area contributed by atoms with Gasteiger partial charge < -0.3 is 10.1 Å². The molecule has 84 valence electrons. The highest BCUT2D eigenvalue weighted by molar-refractivity contribution is 5.14. The van der Waals surface area contributed by atoms with Crippen molar-refractivity contribution in [1.82, 2.24) is 5.32 Å². The summed E-state index contributed by atoms with van der Waals surface area (Å²) in [4.78, 5) is 0. The molecule has 1 aromatic rings. The number of benzene rings is 1. The number of hydrogen-bond acceptors (Lipinski definition) is 2. The first-order chi connectivity index (χ1) is 7.36. The van der Waals surface area contributed by atoms with E-state index in [1.165, 1.54) is 12.0 Å². The van der Waals surface area contributed by atoms with Crippen LogP contribution in [0.2, 0.25) is 0 Å². The van der Waals surface area contributed by atoms with Crippen LogP contribution in [0.5, 0.6) is 0 Å². The summed E-state index contributed by atoms with van der Waals surface area (Å²) in [7, 11) is 3.77. The van der Waals surface area contributed by atoms with Gasteiger partial charge >= 0.3 is 0 Å². The second kappa shape index (κ2) is 7.43. The first-order valence-electron chi connectivity index (χ1n) is 5.57. The summed E-state index contributed by atoms with van der Waals surface area (Å²) >= 11 is 0. The van der Waals surface area contributed by atoms with E-state index in [0.717, 1.165) is 19.4 Å². The fraction of sp³-hybridized carbons (Fsp3) is 0.538. The fourth-order valence-corrected chi connectivity index (χ4v) is 1.68. The van der Waals surface area contributed by atoms with Gasteiger partial charge in [0.1, 0.15) is 0 Å². The van der Waals surface area contributed by atoms with Crippen molar-refractivity contribution in [2.45, 2.75) is 25.3 Å². The van der Waals surface area contributed by atoms with E-state index in [2.05, 4.69) is 35.6 Å². The molecule has 0 aliphatic carbocycles. The van der Waals surface area contributed by atoms with Crippen LogP contribution in [0, 0.1) is 0 Å². The van der Waals surface area contributed by atoms with Crippen molar-refractivity contribution in [1.29, 1.82) is 0 Å². The van der Waals surface area contributed by atoms with Gasteiger partial charge in [0.2, 0.25) is 0 Å². The Kier molecular flexibility index (Phi) is 6.05. The molecule has 1 atom stereocenters. The molecule has 2 heteroatoms. The molecule has 2 nitrogen and oxygen atoms in total. The van der Waals surface area contributed by atoms with E-state index in [1.807, 2.05) is 7.05 Å². The molecule has 1 unspecified atom stereocenters. The molecule has 1 aromatic carbocycles. The van der Waals surface area contributed by atoms with Crippen molar-refractivity contribution in [3.05, 3.63) is 35.9 Å². The van der Waals surface area contributed by atoms with Gasteiger partial charge in [-0.2, -0.15) is 0 Å². The minimum Gasteiger partial charge on any atom is -0.385 e. The molecule has 15 heavy (non-hydrogen) atoms. The second-order valence-electron chi connectivity index (χ2n) is 3.79. The minimum absolute atomic E-state index is 0.560. The monoisotopic (exact) mass is 207 g/mol. The minimum atomic E-state index is 0.560. The highest BCUT2D eigenvalue weighted by Crippen LogP contribution is 2.06. The molecule has 1 rings (SSSR count). The molecule has 0 saturated carbocycles. The second-order valence-corrected chi connectivity index (χ2v) is 3.79. The van der Waals surface area contributed by atoms with Crippen LogP contribution in [0.1, 0.15) is 18.4 Å². The summed E-state index contributed by atoms with van der Waals surface area (Å²) in [5, 5.41) is 3.33. The van der Waals surface area contributed by atoms with Gasteiger partial charge in [-0.3, -0.25) is 0 Å². The molecule has 0 radical (unpaired) electrons. The third kappa shape index (κ3) is 4.96. The predicted octanol–water partition coefficient (Wildman–Crippen LogP) is 2.24. The van der Waals surface area contributed by atoms with Gasteiger partial charge in [-0.05, 0) is 31.9 Å². The zero-order chi connectivity index (χ0) is 10.9. The van der Waals surface area contributed by atoms with Crippen LogP contribution in [-0.2, 0) is 11.2 Å². The topological polar surface area (TPSA) is 21.3 Å². The molecule has 0 heterocycles. The maximum absolute atomic E-state index is 5.09. The molecule has 0 amide bonds. The number of ether oxygens (including phenoxy) is 1. The molecule has 0 bridgehead atoms. The lowest BCUT2D eigenvalue weighted by Gasteiger charge is -2.15. The van der Waals surface area contributed by atoms with Crippen LogP contribution in [0.3, 0.4) is 0 Å². The molecule has 0 aliphatic heterocycles. The van der Waals surface area contributed by atoms with Gasteiger partial charge in [0.25, 0.3) is 0 Å². The Morgan fingerprint density at radius 2 is 1.93 bits per heavy atom.